The molecule has 0 saturated carbocycles. The third-order valence-corrected chi connectivity index (χ3v) is 4.71. The van der Waals surface area contributed by atoms with E-state index in [-0.39, 0.29) is 5.91 Å². The summed E-state index contributed by atoms with van der Waals surface area (Å²) in [5.74, 6) is 0.842. The average molecular weight is 297 g/mol. The normalized spacial score (nSPS) is 18.6. The van der Waals surface area contributed by atoms with Crippen LogP contribution in [0.4, 0.5) is 0 Å². The summed E-state index contributed by atoms with van der Waals surface area (Å²) < 4.78 is 0. The van der Waals surface area contributed by atoms with E-state index in [1.54, 1.807) is 0 Å². The summed E-state index contributed by atoms with van der Waals surface area (Å²) in [4.78, 5) is 14.6. The van der Waals surface area contributed by atoms with Gasteiger partial charge in [0, 0.05) is 25.6 Å². The lowest BCUT2D eigenvalue weighted by Crippen LogP contribution is -2.44. The number of nitrogens with two attached hydrogens (primary N) is 1. The fourth-order valence-corrected chi connectivity index (χ4v) is 3.11. The lowest BCUT2D eigenvalue weighted by molar-refractivity contribution is -0.122. The molecule has 0 aromatic rings. The summed E-state index contributed by atoms with van der Waals surface area (Å²) in [6, 6.07) is 0.393. The molecule has 0 aromatic carbocycles. The Balaban J connectivity index is 2.15. The Morgan fingerprint density at radius 3 is 2.57 bits per heavy atom. The predicted molar refractivity (Wildman–Crippen MR) is 89.2 cm³/mol. The summed E-state index contributed by atoms with van der Waals surface area (Å²) in [6.07, 6.45) is 8.57. The monoisotopic (exact) mass is 297 g/mol. The van der Waals surface area contributed by atoms with Crippen molar-refractivity contribution in [3.63, 3.8) is 0 Å². The molecule has 0 spiro atoms. The first kappa shape index (κ1) is 18.4. The maximum atomic E-state index is 12.0. The Kier molecular flexibility index (Phi) is 9.68. The Labute approximate surface area is 130 Å². The molecule has 1 amide bonds. The van der Waals surface area contributed by atoms with Gasteiger partial charge in [0.1, 0.15) is 0 Å². The van der Waals surface area contributed by atoms with Crippen molar-refractivity contribution in [1.82, 2.24) is 10.2 Å². The Morgan fingerprint density at radius 2 is 2.00 bits per heavy atom. The van der Waals surface area contributed by atoms with Crippen LogP contribution in [0, 0.1) is 5.92 Å². The van der Waals surface area contributed by atoms with Crippen LogP contribution in [0.15, 0.2) is 0 Å². The maximum Gasteiger partial charge on any atom is 0.220 e. The van der Waals surface area contributed by atoms with Gasteiger partial charge in [-0.1, -0.05) is 26.7 Å². The number of piperidine rings is 1. The molecule has 0 radical (unpaired) electrons. The highest BCUT2D eigenvalue weighted by Gasteiger charge is 2.20. The zero-order valence-electron chi connectivity index (χ0n) is 14.1. The SMILES string of the molecule is CCCCN1CCC(NC(=O)CCC(CC)CCN)CC1. The molecule has 1 fully saturated rings. The maximum absolute atomic E-state index is 12.0. The van der Waals surface area contributed by atoms with Crippen LogP contribution in [0.1, 0.15) is 65.2 Å². The first-order chi connectivity index (χ1) is 10.2. The van der Waals surface area contributed by atoms with Crippen molar-refractivity contribution in [2.75, 3.05) is 26.2 Å². The van der Waals surface area contributed by atoms with Gasteiger partial charge in [-0.05, 0) is 51.1 Å². The van der Waals surface area contributed by atoms with Crippen LogP contribution in [-0.2, 0) is 4.79 Å². The number of carbonyl (C=O) groups is 1. The third kappa shape index (κ3) is 7.82. The van der Waals surface area contributed by atoms with E-state index in [9.17, 15) is 4.79 Å². The van der Waals surface area contributed by atoms with E-state index < -0.39 is 0 Å². The van der Waals surface area contributed by atoms with Gasteiger partial charge in [-0.15, -0.1) is 0 Å². The Hall–Kier alpha value is -0.610. The summed E-state index contributed by atoms with van der Waals surface area (Å²) >= 11 is 0. The number of hydrogen-bond acceptors (Lipinski definition) is 3. The van der Waals surface area contributed by atoms with Crippen molar-refractivity contribution in [1.29, 1.82) is 0 Å². The van der Waals surface area contributed by atoms with Crippen molar-refractivity contribution < 1.29 is 4.79 Å². The van der Waals surface area contributed by atoms with E-state index in [4.69, 9.17) is 5.73 Å². The van der Waals surface area contributed by atoms with Gasteiger partial charge in [-0.2, -0.15) is 0 Å². The summed E-state index contributed by atoms with van der Waals surface area (Å²) in [5.41, 5.74) is 5.60. The van der Waals surface area contributed by atoms with Gasteiger partial charge in [0.15, 0.2) is 0 Å². The van der Waals surface area contributed by atoms with Crippen molar-refractivity contribution in [3.8, 4) is 0 Å². The van der Waals surface area contributed by atoms with Crippen LogP contribution >= 0.6 is 0 Å². The van der Waals surface area contributed by atoms with Crippen molar-refractivity contribution in [2.45, 2.75) is 71.3 Å². The molecule has 0 bridgehead atoms. The zero-order valence-corrected chi connectivity index (χ0v) is 14.1. The second kappa shape index (κ2) is 11.0. The number of carbonyl (C=O) groups excluding carboxylic acids is 1. The van der Waals surface area contributed by atoms with Crippen LogP contribution in [0.3, 0.4) is 0 Å². The molecule has 1 aliphatic heterocycles. The molecule has 0 aromatic heterocycles. The van der Waals surface area contributed by atoms with E-state index in [1.165, 1.54) is 19.4 Å². The number of rotatable bonds is 10. The highest BCUT2D eigenvalue weighted by Crippen LogP contribution is 2.15. The number of likely N-dealkylation sites (tertiary alicyclic amines) is 1. The molecule has 4 heteroatoms. The molecule has 1 unspecified atom stereocenters. The summed E-state index contributed by atoms with van der Waals surface area (Å²) in [5, 5.41) is 3.22. The zero-order chi connectivity index (χ0) is 15.5. The molecule has 0 aliphatic carbocycles. The lowest BCUT2D eigenvalue weighted by atomic mass is 9.96. The summed E-state index contributed by atoms with van der Waals surface area (Å²) in [6.45, 7) is 8.64. The minimum Gasteiger partial charge on any atom is -0.353 e. The molecule has 1 atom stereocenters. The molecule has 1 saturated heterocycles. The van der Waals surface area contributed by atoms with Gasteiger partial charge in [0.05, 0.1) is 0 Å². The minimum absolute atomic E-state index is 0.234. The Morgan fingerprint density at radius 1 is 1.29 bits per heavy atom. The quantitative estimate of drug-likeness (QED) is 0.651. The van der Waals surface area contributed by atoms with Gasteiger partial charge in [-0.3, -0.25) is 4.79 Å². The van der Waals surface area contributed by atoms with Gasteiger partial charge in [0.25, 0.3) is 0 Å². The van der Waals surface area contributed by atoms with Gasteiger partial charge < -0.3 is 16.0 Å². The molecule has 1 rings (SSSR count). The summed E-state index contributed by atoms with van der Waals surface area (Å²) in [7, 11) is 0. The lowest BCUT2D eigenvalue weighted by Gasteiger charge is -2.32. The standard InChI is InChI=1S/C17H35N3O/c1-3-5-12-20-13-9-16(10-14-20)19-17(21)7-6-15(4-2)8-11-18/h15-16H,3-14,18H2,1-2H3,(H,19,21). The predicted octanol–water partition coefficient (Wildman–Crippen LogP) is 2.52. The first-order valence-electron chi connectivity index (χ1n) is 8.91. The first-order valence-corrected chi connectivity index (χ1v) is 8.91. The molecule has 1 heterocycles. The minimum atomic E-state index is 0.234. The molecule has 124 valence electrons. The van der Waals surface area contributed by atoms with Crippen LogP contribution in [0.2, 0.25) is 0 Å². The van der Waals surface area contributed by atoms with Crippen molar-refractivity contribution in [2.24, 2.45) is 11.7 Å². The van der Waals surface area contributed by atoms with E-state index >= 15 is 0 Å². The molecule has 21 heavy (non-hydrogen) atoms. The fourth-order valence-electron chi connectivity index (χ4n) is 3.11. The Bertz CT molecular complexity index is 275. The molecular formula is C17H35N3O. The number of hydrogen-bond donors (Lipinski definition) is 2. The van der Waals surface area contributed by atoms with Crippen LogP contribution in [-0.4, -0.2) is 43.0 Å². The van der Waals surface area contributed by atoms with Crippen LogP contribution in [0.5, 0.6) is 0 Å². The van der Waals surface area contributed by atoms with E-state index in [2.05, 4.69) is 24.1 Å². The van der Waals surface area contributed by atoms with Gasteiger partial charge in [0.2, 0.25) is 5.91 Å². The third-order valence-electron chi connectivity index (χ3n) is 4.71. The van der Waals surface area contributed by atoms with Crippen molar-refractivity contribution >= 4 is 5.91 Å². The molecule has 3 N–H and O–H groups in total. The van der Waals surface area contributed by atoms with E-state index in [0.29, 0.717) is 18.4 Å². The molecular weight excluding hydrogens is 262 g/mol. The van der Waals surface area contributed by atoms with E-state index in [1.807, 2.05) is 0 Å². The second-order valence-corrected chi connectivity index (χ2v) is 6.43. The number of amides is 1. The number of nitrogens with zero attached hydrogens (tertiary/aromatic N) is 1. The van der Waals surface area contributed by atoms with E-state index in [0.717, 1.165) is 51.7 Å². The van der Waals surface area contributed by atoms with Crippen LogP contribution in [0.25, 0.3) is 0 Å². The highest BCUT2D eigenvalue weighted by atomic mass is 16.1. The average Bonchev–Trinajstić information content (AvgIpc) is 2.50. The van der Waals surface area contributed by atoms with Gasteiger partial charge >= 0.3 is 0 Å². The largest absolute Gasteiger partial charge is 0.353 e. The smallest absolute Gasteiger partial charge is 0.220 e. The fraction of sp³-hybridized carbons (Fsp3) is 0.941. The number of unbranched alkanes of at least 4 members (excludes halogenated alkanes) is 1. The molecule has 4 nitrogen and oxygen atoms in total. The topological polar surface area (TPSA) is 58.4 Å². The van der Waals surface area contributed by atoms with Crippen LogP contribution < -0.4 is 11.1 Å². The number of nitrogens with one attached hydrogen (secondary N) is 1. The second-order valence-electron chi connectivity index (χ2n) is 6.43. The molecule has 1 aliphatic rings. The highest BCUT2D eigenvalue weighted by molar-refractivity contribution is 5.76. The van der Waals surface area contributed by atoms with Crippen molar-refractivity contribution in [3.05, 3.63) is 0 Å². The van der Waals surface area contributed by atoms with Gasteiger partial charge in [-0.25, -0.2) is 0 Å².